The number of fused-ring (bicyclic) bond motifs is 1. The van der Waals surface area contributed by atoms with Crippen molar-refractivity contribution in [1.82, 2.24) is 8.86 Å². The maximum atomic E-state index is 12.7. The van der Waals surface area contributed by atoms with Gasteiger partial charge in [0.25, 0.3) is 5.56 Å². The molecular formula is C23H30N2O4S. The Kier molecular flexibility index (Phi) is 7.76. The molecule has 0 fully saturated rings. The fourth-order valence-corrected chi connectivity index (χ4v) is 4.60. The first-order chi connectivity index (χ1) is 14.6. The number of ether oxygens (including phenoxy) is 3. The van der Waals surface area contributed by atoms with Crippen molar-refractivity contribution in [3.63, 3.8) is 0 Å². The Morgan fingerprint density at radius 3 is 2.37 bits per heavy atom. The van der Waals surface area contributed by atoms with Crippen LogP contribution >= 0.6 is 11.5 Å². The van der Waals surface area contributed by atoms with E-state index in [4.69, 9.17) is 14.2 Å². The number of methoxy groups -OCH3 is 3. The smallest absolute Gasteiger partial charge is 0.268 e. The number of para-hydroxylation sites is 1. The number of aryl methyl sites for hydroxylation is 1. The van der Waals surface area contributed by atoms with Crippen LogP contribution in [0.5, 0.6) is 17.2 Å². The van der Waals surface area contributed by atoms with E-state index in [1.54, 1.807) is 27.4 Å². The highest BCUT2D eigenvalue weighted by Gasteiger charge is 2.13. The van der Waals surface area contributed by atoms with E-state index >= 15 is 0 Å². The van der Waals surface area contributed by atoms with Crippen LogP contribution in [0, 0.1) is 0 Å². The Hall–Kier alpha value is -2.51. The molecule has 3 aromatic rings. The number of rotatable bonds is 11. The third-order valence-corrected chi connectivity index (χ3v) is 6.37. The Morgan fingerprint density at radius 1 is 0.967 bits per heavy atom. The predicted molar refractivity (Wildman–Crippen MR) is 122 cm³/mol. The quantitative estimate of drug-likeness (QED) is 0.422. The number of hydrogen-bond acceptors (Lipinski definition) is 6. The molecule has 0 aliphatic rings. The number of benzene rings is 2. The molecule has 30 heavy (non-hydrogen) atoms. The largest absolute Gasteiger partial charge is 0.496 e. The highest BCUT2D eigenvalue weighted by Crippen LogP contribution is 2.32. The molecule has 0 aliphatic carbocycles. The number of hydrogen-bond donors (Lipinski definition) is 0. The first kappa shape index (κ1) is 22.2. The van der Waals surface area contributed by atoms with Crippen LogP contribution in [-0.4, -0.2) is 43.3 Å². The van der Waals surface area contributed by atoms with Crippen molar-refractivity contribution >= 4 is 21.6 Å². The fourth-order valence-electron chi connectivity index (χ4n) is 3.56. The number of aromatic nitrogens is 1. The highest BCUT2D eigenvalue weighted by molar-refractivity contribution is 7.13. The van der Waals surface area contributed by atoms with Crippen LogP contribution < -0.4 is 19.8 Å². The second-order valence-corrected chi connectivity index (χ2v) is 8.15. The molecule has 6 nitrogen and oxygen atoms in total. The maximum absolute atomic E-state index is 12.7. The summed E-state index contributed by atoms with van der Waals surface area (Å²) in [5, 5.41) is 0.684. The van der Waals surface area contributed by atoms with E-state index < -0.39 is 0 Å². The zero-order valence-electron chi connectivity index (χ0n) is 18.1. The number of nitrogens with zero attached hydrogens (tertiary/aromatic N) is 2. The van der Waals surface area contributed by atoms with Crippen molar-refractivity contribution in [3.05, 3.63) is 52.3 Å². The van der Waals surface area contributed by atoms with Crippen LogP contribution in [0.2, 0.25) is 0 Å². The van der Waals surface area contributed by atoms with Crippen molar-refractivity contribution in [2.24, 2.45) is 0 Å². The SMILES string of the molecule is CCN(CCCCn1sc2cc(OC)c(OC)cc2c1=O)Cc1ccccc1OC. The fraction of sp³-hybridized carbons (Fsp3) is 0.435. The van der Waals surface area contributed by atoms with E-state index in [1.165, 1.54) is 17.1 Å². The zero-order chi connectivity index (χ0) is 21.5. The molecule has 3 rings (SSSR count). The van der Waals surface area contributed by atoms with Gasteiger partial charge in [-0.05, 0) is 38.1 Å². The summed E-state index contributed by atoms with van der Waals surface area (Å²) in [4.78, 5) is 15.1. The van der Waals surface area contributed by atoms with Crippen LogP contribution in [0.4, 0.5) is 0 Å². The van der Waals surface area contributed by atoms with Gasteiger partial charge in [0.05, 0.1) is 31.4 Å². The van der Waals surface area contributed by atoms with Gasteiger partial charge in [0.1, 0.15) is 5.75 Å². The molecule has 0 saturated carbocycles. The van der Waals surface area contributed by atoms with E-state index in [0.29, 0.717) is 16.9 Å². The first-order valence-corrected chi connectivity index (χ1v) is 11.0. The minimum atomic E-state index is 0.0392. The van der Waals surface area contributed by atoms with Crippen molar-refractivity contribution < 1.29 is 14.2 Å². The summed E-state index contributed by atoms with van der Waals surface area (Å²) in [7, 11) is 4.90. The van der Waals surface area contributed by atoms with E-state index in [-0.39, 0.29) is 5.56 Å². The average molecular weight is 431 g/mol. The van der Waals surface area contributed by atoms with Gasteiger partial charge in [0.2, 0.25) is 0 Å². The molecule has 0 bridgehead atoms. The average Bonchev–Trinajstić information content (AvgIpc) is 3.09. The van der Waals surface area contributed by atoms with E-state index in [0.717, 1.165) is 49.5 Å². The van der Waals surface area contributed by atoms with Gasteiger partial charge in [0.15, 0.2) is 11.5 Å². The van der Waals surface area contributed by atoms with E-state index in [9.17, 15) is 4.79 Å². The lowest BCUT2D eigenvalue weighted by molar-refractivity contribution is 0.267. The summed E-state index contributed by atoms with van der Waals surface area (Å²) in [6.07, 6.45) is 1.97. The zero-order valence-corrected chi connectivity index (χ0v) is 19.0. The Labute approximate surface area is 181 Å². The third-order valence-electron chi connectivity index (χ3n) is 5.27. The van der Waals surface area contributed by atoms with Gasteiger partial charge in [-0.3, -0.25) is 13.7 Å². The van der Waals surface area contributed by atoms with Crippen LogP contribution in [0.1, 0.15) is 25.3 Å². The third kappa shape index (κ3) is 4.96. The predicted octanol–water partition coefficient (Wildman–Crippen LogP) is 4.39. The molecule has 162 valence electrons. The summed E-state index contributed by atoms with van der Waals surface area (Å²) < 4.78 is 18.9. The van der Waals surface area contributed by atoms with Crippen LogP contribution in [0.3, 0.4) is 0 Å². The first-order valence-electron chi connectivity index (χ1n) is 10.2. The molecule has 1 aromatic heterocycles. The molecule has 0 spiro atoms. The molecule has 0 atom stereocenters. The lowest BCUT2D eigenvalue weighted by Gasteiger charge is -2.21. The summed E-state index contributed by atoms with van der Waals surface area (Å²) in [6.45, 7) is 5.71. The Morgan fingerprint density at radius 2 is 1.67 bits per heavy atom. The second kappa shape index (κ2) is 10.5. The maximum Gasteiger partial charge on any atom is 0.268 e. The van der Waals surface area contributed by atoms with Crippen molar-refractivity contribution in [3.8, 4) is 17.2 Å². The molecule has 0 amide bonds. The molecule has 2 aromatic carbocycles. The Bertz CT molecular complexity index is 1030. The normalized spacial score (nSPS) is 11.2. The second-order valence-electron chi connectivity index (χ2n) is 7.09. The lowest BCUT2D eigenvalue weighted by Crippen LogP contribution is -2.24. The number of unbranched alkanes of at least 4 members (excludes halogenated alkanes) is 1. The molecule has 7 heteroatoms. The van der Waals surface area contributed by atoms with Crippen LogP contribution in [0.15, 0.2) is 41.2 Å². The molecule has 0 N–H and O–H groups in total. The molecule has 1 heterocycles. The van der Waals surface area contributed by atoms with Gasteiger partial charge >= 0.3 is 0 Å². The molecular weight excluding hydrogens is 400 g/mol. The molecule has 0 radical (unpaired) electrons. The summed E-state index contributed by atoms with van der Waals surface area (Å²) >= 11 is 1.48. The van der Waals surface area contributed by atoms with Gasteiger partial charge in [-0.15, -0.1) is 0 Å². The van der Waals surface area contributed by atoms with Crippen molar-refractivity contribution in [2.45, 2.75) is 32.9 Å². The van der Waals surface area contributed by atoms with E-state index in [1.807, 2.05) is 28.2 Å². The van der Waals surface area contributed by atoms with Gasteiger partial charge in [-0.1, -0.05) is 36.7 Å². The lowest BCUT2D eigenvalue weighted by atomic mass is 10.1. The standard InChI is InChI=1S/C23H30N2O4S/c1-5-24(16-17-10-6-7-11-19(17)27-2)12-8-9-13-25-23(26)18-14-20(28-3)21(29-4)15-22(18)30-25/h6-7,10-11,14-15H,5,8-9,12-13,16H2,1-4H3. The van der Waals surface area contributed by atoms with Crippen LogP contribution in [0.25, 0.3) is 10.1 Å². The summed E-state index contributed by atoms with van der Waals surface area (Å²) in [5.74, 6) is 2.16. The van der Waals surface area contributed by atoms with Crippen LogP contribution in [-0.2, 0) is 13.1 Å². The minimum absolute atomic E-state index is 0.0392. The highest BCUT2D eigenvalue weighted by atomic mass is 32.1. The summed E-state index contributed by atoms with van der Waals surface area (Å²) in [5.41, 5.74) is 1.24. The van der Waals surface area contributed by atoms with Gasteiger partial charge in [-0.25, -0.2) is 0 Å². The monoisotopic (exact) mass is 430 g/mol. The molecule has 0 unspecified atom stereocenters. The van der Waals surface area contributed by atoms with Crippen molar-refractivity contribution in [1.29, 1.82) is 0 Å². The summed E-state index contributed by atoms with van der Waals surface area (Å²) in [6, 6.07) is 11.8. The van der Waals surface area contributed by atoms with E-state index in [2.05, 4.69) is 17.9 Å². The van der Waals surface area contributed by atoms with Gasteiger partial charge in [-0.2, -0.15) is 0 Å². The van der Waals surface area contributed by atoms with Gasteiger partial charge < -0.3 is 14.2 Å². The molecule has 0 aliphatic heterocycles. The topological polar surface area (TPSA) is 52.9 Å². The molecule has 0 saturated heterocycles. The van der Waals surface area contributed by atoms with Crippen molar-refractivity contribution in [2.75, 3.05) is 34.4 Å². The minimum Gasteiger partial charge on any atom is -0.496 e. The van der Waals surface area contributed by atoms with Gasteiger partial charge in [0, 0.05) is 24.7 Å². The Balaban J connectivity index is 1.60.